The highest BCUT2D eigenvalue weighted by molar-refractivity contribution is 5.80. The van der Waals surface area contributed by atoms with Gasteiger partial charge in [-0.1, -0.05) is 12.1 Å². The summed E-state index contributed by atoms with van der Waals surface area (Å²) < 4.78 is 13.3. The van der Waals surface area contributed by atoms with Crippen LogP contribution in [-0.4, -0.2) is 52.4 Å². The molecule has 0 saturated carbocycles. The van der Waals surface area contributed by atoms with E-state index in [0.717, 1.165) is 23.9 Å². The van der Waals surface area contributed by atoms with Gasteiger partial charge in [0.2, 0.25) is 5.91 Å². The summed E-state index contributed by atoms with van der Waals surface area (Å²) in [6.45, 7) is 3.02. The van der Waals surface area contributed by atoms with Gasteiger partial charge in [0.15, 0.2) is 5.79 Å². The molecule has 0 atom stereocenters. The molecule has 1 spiro atoms. The first-order chi connectivity index (χ1) is 10.8. The molecule has 6 nitrogen and oxygen atoms in total. The average Bonchev–Trinajstić information content (AvgIpc) is 3.16. The zero-order chi connectivity index (χ0) is 15.0. The molecule has 0 aliphatic carbocycles. The highest BCUT2D eigenvalue weighted by atomic mass is 16.7. The molecule has 0 N–H and O–H groups in total. The van der Waals surface area contributed by atoms with Gasteiger partial charge in [0.1, 0.15) is 6.54 Å². The van der Waals surface area contributed by atoms with Crippen molar-refractivity contribution in [1.82, 2.24) is 14.5 Å². The molecule has 1 amide bonds. The van der Waals surface area contributed by atoms with Gasteiger partial charge in [0.05, 0.1) is 30.6 Å². The van der Waals surface area contributed by atoms with Crippen LogP contribution in [0, 0.1) is 0 Å². The maximum absolute atomic E-state index is 12.5. The summed E-state index contributed by atoms with van der Waals surface area (Å²) in [6.07, 6.45) is 3.24. The van der Waals surface area contributed by atoms with E-state index in [-0.39, 0.29) is 5.91 Å². The van der Waals surface area contributed by atoms with E-state index in [0.29, 0.717) is 32.8 Å². The lowest BCUT2D eigenvalue weighted by molar-refractivity contribution is -0.187. The quantitative estimate of drug-likeness (QED) is 0.841. The molecule has 2 saturated heterocycles. The number of rotatable bonds is 2. The normalized spacial score (nSPS) is 20.8. The van der Waals surface area contributed by atoms with E-state index in [9.17, 15) is 4.79 Å². The highest BCUT2D eigenvalue weighted by Gasteiger charge is 2.40. The topological polar surface area (TPSA) is 56.6 Å². The Bertz CT molecular complexity index is 681. The summed E-state index contributed by atoms with van der Waals surface area (Å²) in [7, 11) is 0. The summed E-state index contributed by atoms with van der Waals surface area (Å²) in [4.78, 5) is 18.7. The van der Waals surface area contributed by atoms with Crippen molar-refractivity contribution in [2.45, 2.75) is 25.2 Å². The minimum atomic E-state index is -0.432. The van der Waals surface area contributed by atoms with E-state index in [2.05, 4.69) is 4.98 Å². The summed E-state index contributed by atoms with van der Waals surface area (Å²) in [5, 5.41) is 0. The number of hydrogen-bond acceptors (Lipinski definition) is 4. The third-order valence-corrected chi connectivity index (χ3v) is 4.52. The molecule has 0 radical (unpaired) electrons. The van der Waals surface area contributed by atoms with Gasteiger partial charge in [-0.2, -0.15) is 0 Å². The molecule has 6 heteroatoms. The maximum Gasteiger partial charge on any atom is 0.242 e. The first-order valence-corrected chi connectivity index (χ1v) is 7.71. The van der Waals surface area contributed by atoms with Crippen LogP contribution in [0.15, 0.2) is 30.6 Å². The molecule has 2 aromatic rings. The summed E-state index contributed by atoms with van der Waals surface area (Å²) in [6, 6.07) is 7.86. The van der Waals surface area contributed by atoms with Crippen molar-refractivity contribution in [3.05, 3.63) is 30.6 Å². The first-order valence-electron chi connectivity index (χ1n) is 7.71. The molecule has 0 bridgehead atoms. The Morgan fingerprint density at radius 1 is 1.18 bits per heavy atom. The Balaban J connectivity index is 1.42. The number of hydrogen-bond donors (Lipinski definition) is 0. The number of piperidine rings is 1. The smallest absolute Gasteiger partial charge is 0.242 e. The predicted octanol–water partition coefficient (Wildman–Crippen LogP) is 1.40. The number of fused-ring (bicyclic) bond motifs is 1. The molecule has 2 aliphatic heterocycles. The van der Waals surface area contributed by atoms with E-state index >= 15 is 0 Å². The lowest BCUT2D eigenvalue weighted by atomic mass is 10.0. The van der Waals surface area contributed by atoms with Gasteiger partial charge in [-0.3, -0.25) is 4.79 Å². The van der Waals surface area contributed by atoms with Crippen molar-refractivity contribution in [2.24, 2.45) is 0 Å². The Labute approximate surface area is 128 Å². The Kier molecular flexibility index (Phi) is 3.35. The van der Waals surface area contributed by atoms with Crippen LogP contribution in [0.2, 0.25) is 0 Å². The van der Waals surface area contributed by atoms with Crippen molar-refractivity contribution >= 4 is 16.9 Å². The van der Waals surface area contributed by atoms with Gasteiger partial charge in [-0.25, -0.2) is 4.98 Å². The summed E-state index contributed by atoms with van der Waals surface area (Å²) in [5.41, 5.74) is 1.91. The van der Waals surface area contributed by atoms with Crippen LogP contribution < -0.4 is 0 Å². The fourth-order valence-electron chi connectivity index (χ4n) is 3.26. The summed E-state index contributed by atoms with van der Waals surface area (Å²) in [5.74, 6) is -0.311. The molecule has 116 valence electrons. The van der Waals surface area contributed by atoms with Crippen LogP contribution in [0.25, 0.3) is 11.0 Å². The van der Waals surface area contributed by atoms with E-state index in [1.54, 1.807) is 6.33 Å². The standard InChI is InChI=1S/C16H19N3O3/c20-15(11-19-12-17-13-3-1-2-4-14(13)19)18-7-5-16(6-8-18)21-9-10-22-16/h1-4,12H,5-11H2. The molecule has 0 unspecified atom stereocenters. The van der Waals surface area contributed by atoms with Crippen LogP contribution in [0.1, 0.15) is 12.8 Å². The SMILES string of the molecule is O=C(Cn1cnc2ccccc21)N1CCC2(CC1)OCCO2. The van der Waals surface area contributed by atoms with E-state index < -0.39 is 5.79 Å². The average molecular weight is 301 g/mol. The van der Waals surface area contributed by atoms with Gasteiger partial charge in [-0.05, 0) is 12.1 Å². The molecular formula is C16H19N3O3. The third-order valence-electron chi connectivity index (χ3n) is 4.52. The van der Waals surface area contributed by atoms with Gasteiger partial charge < -0.3 is 18.9 Å². The number of amides is 1. The lowest BCUT2D eigenvalue weighted by Crippen LogP contribution is -2.48. The minimum absolute atomic E-state index is 0.121. The van der Waals surface area contributed by atoms with Crippen molar-refractivity contribution in [2.75, 3.05) is 26.3 Å². The number of ether oxygens (including phenoxy) is 2. The molecular weight excluding hydrogens is 282 g/mol. The largest absolute Gasteiger partial charge is 0.347 e. The lowest BCUT2D eigenvalue weighted by Gasteiger charge is -2.37. The van der Waals surface area contributed by atoms with Crippen LogP contribution in [-0.2, 0) is 20.8 Å². The first kappa shape index (κ1) is 13.7. The van der Waals surface area contributed by atoms with E-state index in [4.69, 9.17) is 9.47 Å². The van der Waals surface area contributed by atoms with Gasteiger partial charge in [0, 0.05) is 25.9 Å². The maximum atomic E-state index is 12.5. The molecule has 1 aromatic carbocycles. The molecule has 2 fully saturated rings. The molecule has 22 heavy (non-hydrogen) atoms. The third kappa shape index (κ3) is 2.38. The Morgan fingerprint density at radius 3 is 2.68 bits per heavy atom. The minimum Gasteiger partial charge on any atom is -0.347 e. The van der Waals surface area contributed by atoms with Crippen LogP contribution in [0.4, 0.5) is 0 Å². The number of nitrogens with zero attached hydrogens (tertiary/aromatic N) is 3. The molecule has 2 aliphatic rings. The van der Waals surface area contributed by atoms with Crippen LogP contribution in [0.5, 0.6) is 0 Å². The number of carbonyl (C=O) groups excluding carboxylic acids is 1. The number of aromatic nitrogens is 2. The van der Waals surface area contributed by atoms with Gasteiger partial charge >= 0.3 is 0 Å². The fourth-order valence-corrected chi connectivity index (χ4v) is 3.26. The number of imidazole rings is 1. The van der Waals surface area contributed by atoms with Crippen LogP contribution >= 0.6 is 0 Å². The van der Waals surface area contributed by atoms with Crippen molar-refractivity contribution < 1.29 is 14.3 Å². The van der Waals surface area contributed by atoms with Gasteiger partial charge in [-0.15, -0.1) is 0 Å². The number of para-hydroxylation sites is 2. The number of carbonyl (C=O) groups is 1. The van der Waals surface area contributed by atoms with E-state index in [1.807, 2.05) is 33.7 Å². The Morgan fingerprint density at radius 2 is 1.91 bits per heavy atom. The number of likely N-dealkylation sites (tertiary alicyclic amines) is 1. The van der Waals surface area contributed by atoms with Crippen molar-refractivity contribution in [3.63, 3.8) is 0 Å². The van der Waals surface area contributed by atoms with Gasteiger partial charge in [0.25, 0.3) is 0 Å². The molecule has 3 heterocycles. The second-order valence-electron chi connectivity index (χ2n) is 5.85. The molecule has 1 aromatic heterocycles. The zero-order valence-corrected chi connectivity index (χ0v) is 12.4. The second kappa shape index (κ2) is 5.37. The predicted molar refractivity (Wildman–Crippen MR) is 80.2 cm³/mol. The fraction of sp³-hybridized carbons (Fsp3) is 0.500. The van der Waals surface area contributed by atoms with Crippen molar-refractivity contribution in [3.8, 4) is 0 Å². The number of benzene rings is 1. The zero-order valence-electron chi connectivity index (χ0n) is 12.4. The Hall–Kier alpha value is -1.92. The van der Waals surface area contributed by atoms with Crippen LogP contribution in [0.3, 0.4) is 0 Å². The monoisotopic (exact) mass is 301 g/mol. The van der Waals surface area contributed by atoms with Crippen molar-refractivity contribution in [1.29, 1.82) is 0 Å². The highest BCUT2D eigenvalue weighted by Crippen LogP contribution is 2.31. The molecule has 4 rings (SSSR count). The second-order valence-corrected chi connectivity index (χ2v) is 5.85. The summed E-state index contributed by atoms with van der Waals surface area (Å²) >= 11 is 0. The van der Waals surface area contributed by atoms with E-state index in [1.165, 1.54) is 0 Å².